The van der Waals surface area contributed by atoms with Gasteiger partial charge in [0.05, 0.1) is 0 Å². The Balaban J connectivity index is 2.99. The highest BCUT2D eigenvalue weighted by Gasteiger charge is 2.44. The van der Waals surface area contributed by atoms with Crippen molar-refractivity contribution in [1.82, 2.24) is 0 Å². The van der Waals surface area contributed by atoms with Gasteiger partial charge in [-0.2, -0.15) is 17.6 Å². The molecule has 2 nitrogen and oxygen atoms in total. The van der Waals surface area contributed by atoms with Crippen molar-refractivity contribution in [3.63, 3.8) is 0 Å². The van der Waals surface area contributed by atoms with Gasteiger partial charge in [0, 0.05) is 11.6 Å². The molecule has 106 valence electrons. The molecule has 0 saturated carbocycles. The fourth-order valence-electron chi connectivity index (χ4n) is 1.56. The van der Waals surface area contributed by atoms with Crippen molar-refractivity contribution >= 4 is 0 Å². The summed E-state index contributed by atoms with van der Waals surface area (Å²) in [5.41, 5.74) is 6.81. The van der Waals surface area contributed by atoms with Crippen molar-refractivity contribution < 1.29 is 22.3 Å². The Labute approximate surface area is 108 Å². The van der Waals surface area contributed by atoms with E-state index in [1.165, 1.54) is 18.2 Å². The van der Waals surface area contributed by atoms with Gasteiger partial charge in [-0.05, 0) is 19.4 Å². The van der Waals surface area contributed by atoms with Gasteiger partial charge in [0.15, 0.2) is 0 Å². The summed E-state index contributed by atoms with van der Waals surface area (Å²) >= 11 is 0. The molecule has 0 heterocycles. The molecule has 0 fully saturated rings. The van der Waals surface area contributed by atoms with Gasteiger partial charge in [-0.15, -0.1) is 6.58 Å². The van der Waals surface area contributed by atoms with E-state index < -0.39 is 18.6 Å². The van der Waals surface area contributed by atoms with E-state index in [1.54, 1.807) is 13.0 Å². The Hall–Kier alpha value is -1.56. The second-order valence-electron chi connectivity index (χ2n) is 4.27. The first kappa shape index (κ1) is 15.5. The predicted octanol–water partition coefficient (Wildman–Crippen LogP) is 3.89. The first-order chi connectivity index (χ1) is 8.74. The number of halogens is 4. The van der Waals surface area contributed by atoms with Gasteiger partial charge in [-0.25, -0.2) is 0 Å². The summed E-state index contributed by atoms with van der Waals surface area (Å²) in [4.78, 5) is 0. The average Bonchev–Trinajstić information content (AvgIpc) is 2.27. The molecule has 0 aliphatic carbocycles. The van der Waals surface area contributed by atoms with Crippen molar-refractivity contribution in [2.75, 3.05) is 0 Å². The first-order valence-corrected chi connectivity index (χ1v) is 5.58. The maximum atomic E-state index is 12.9. The van der Waals surface area contributed by atoms with Crippen LogP contribution in [-0.2, 0) is 0 Å². The summed E-state index contributed by atoms with van der Waals surface area (Å²) in [6.07, 6.45) is -8.10. The van der Waals surface area contributed by atoms with E-state index in [0.717, 1.165) is 5.57 Å². The van der Waals surface area contributed by atoms with E-state index in [-0.39, 0.29) is 11.3 Å². The Kier molecular flexibility index (Phi) is 4.94. The normalized spacial score (nSPS) is 13.4. The van der Waals surface area contributed by atoms with Crippen LogP contribution in [0.5, 0.6) is 5.75 Å². The number of hydrogen-bond donors (Lipinski definition) is 1. The molecule has 0 aliphatic rings. The minimum Gasteiger partial charge on any atom is -0.428 e. The molecule has 0 amide bonds. The number of para-hydroxylation sites is 1. The summed E-state index contributed by atoms with van der Waals surface area (Å²) in [6.45, 7) is 5.40. The lowest BCUT2D eigenvalue weighted by Crippen LogP contribution is -2.34. The monoisotopic (exact) mass is 277 g/mol. The Morgan fingerprint density at radius 2 is 1.95 bits per heavy atom. The Morgan fingerprint density at radius 3 is 2.47 bits per heavy atom. The molecule has 2 N–H and O–H groups in total. The molecular weight excluding hydrogens is 262 g/mol. The van der Waals surface area contributed by atoms with E-state index in [1.807, 2.05) is 0 Å². The maximum absolute atomic E-state index is 12.9. The van der Waals surface area contributed by atoms with Crippen LogP contribution in [0, 0.1) is 0 Å². The van der Waals surface area contributed by atoms with Crippen molar-refractivity contribution in [2.24, 2.45) is 5.73 Å². The van der Waals surface area contributed by atoms with Crippen LogP contribution in [0.4, 0.5) is 17.6 Å². The van der Waals surface area contributed by atoms with Gasteiger partial charge in [0.25, 0.3) is 0 Å². The van der Waals surface area contributed by atoms with Crippen LogP contribution < -0.4 is 10.5 Å². The van der Waals surface area contributed by atoms with Crippen molar-refractivity contribution in [3.8, 4) is 5.75 Å². The van der Waals surface area contributed by atoms with Gasteiger partial charge in [-0.3, -0.25) is 0 Å². The Bertz CT molecular complexity index is 448. The van der Waals surface area contributed by atoms with Gasteiger partial charge in [0.2, 0.25) is 0 Å². The summed E-state index contributed by atoms with van der Waals surface area (Å²) in [6, 6.07) is 4.99. The highest BCUT2D eigenvalue weighted by atomic mass is 19.3. The molecule has 0 spiro atoms. The maximum Gasteiger partial charge on any atom is 0.461 e. The first-order valence-electron chi connectivity index (χ1n) is 5.58. The lowest BCUT2D eigenvalue weighted by molar-refractivity contribution is -0.253. The number of rotatable bonds is 6. The molecule has 0 unspecified atom stereocenters. The molecule has 1 rings (SSSR count). The number of benzene rings is 1. The highest BCUT2D eigenvalue weighted by Crippen LogP contribution is 2.33. The largest absolute Gasteiger partial charge is 0.461 e. The van der Waals surface area contributed by atoms with E-state index in [2.05, 4.69) is 11.3 Å². The number of alkyl halides is 4. The zero-order valence-electron chi connectivity index (χ0n) is 10.4. The van der Waals surface area contributed by atoms with Crippen LogP contribution in [0.1, 0.15) is 24.9 Å². The number of nitrogens with two attached hydrogens (primary N) is 1. The molecule has 0 bridgehead atoms. The van der Waals surface area contributed by atoms with E-state index in [9.17, 15) is 17.6 Å². The molecule has 0 saturated heterocycles. The van der Waals surface area contributed by atoms with Crippen molar-refractivity contribution in [2.45, 2.75) is 31.9 Å². The minimum absolute atomic E-state index is 0.242. The van der Waals surface area contributed by atoms with Gasteiger partial charge in [0.1, 0.15) is 5.75 Å². The van der Waals surface area contributed by atoms with Crippen LogP contribution in [0.3, 0.4) is 0 Å². The quantitative estimate of drug-likeness (QED) is 0.632. The molecule has 0 aromatic heterocycles. The van der Waals surface area contributed by atoms with Gasteiger partial charge in [-0.1, -0.05) is 23.8 Å². The average molecular weight is 277 g/mol. The molecule has 1 aromatic carbocycles. The van der Waals surface area contributed by atoms with E-state index in [4.69, 9.17) is 5.73 Å². The Morgan fingerprint density at radius 1 is 1.37 bits per heavy atom. The van der Waals surface area contributed by atoms with Crippen LogP contribution >= 0.6 is 0 Å². The molecular formula is C13H15F4NO. The predicted molar refractivity (Wildman–Crippen MR) is 64.4 cm³/mol. The topological polar surface area (TPSA) is 35.2 Å². The molecule has 0 aliphatic heterocycles. The smallest absolute Gasteiger partial charge is 0.428 e. The van der Waals surface area contributed by atoms with Gasteiger partial charge < -0.3 is 10.5 Å². The second kappa shape index (κ2) is 6.06. The molecule has 0 radical (unpaired) electrons. The summed E-state index contributed by atoms with van der Waals surface area (Å²) in [5, 5.41) is 0. The lowest BCUT2D eigenvalue weighted by Gasteiger charge is -2.21. The fourth-order valence-corrected chi connectivity index (χ4v) is 1.56. The highest BCUT2D eigenvalue weighted by molar-refractivity contribution is 5.36. The third-order valence-electron chi connectivity index (χ3n) is 2.39. The summed E-state index contributed by atoms with van der Waals surface area (Å²) in [5.74, 6) is -0.346. The van der Waals surface area contributed by atoms with Crippen molar-refractivity contribution in [1.29, 1.82) is 0 Å². The number of hydrogen-bond acceptors (Lipinski definition) is 2. The molecule has 1 atom stereocenters. The minimum atomic E-state index is -4.54. The zero-order valence-corrected chi connectivity index (χ0v) is 10.4. The van der Waals surface area contributed by atoms with E-state index >= 15 is 0 Å². The second-order valence-corrected chi connectivity index (χ2v) is 4.27. The molecule has 1 aromatic rings. The van der Waals surface area contributed by atoms with Crippen LogP contribution in [0.25, 0.3) is 0 Å². The van der Waals surface area contributed by atoms with E-state index in [0.29, 0.717) is 6.42 Å². The van der Waals surface area contributed by atoms with Crippen molar-refractivity contribution in [3.05, 3.63) is 42.0 Å². The SMILES string of the molecule is C=C(C)C[C@@H](N)c1ccccc1OC(F)(F)C(F)F. The summed E-state index contributed by atoms with van der Waals surface area (Å²) < 4.78 is 54.2. The van der Waals surface area contributed by atoms with Crippen LogP contribution in [0.2, 0.25) is 0 Å². The van der Waals surface area contributed by atoms with Crippen LogP contribution in [-0.4, -0.2) is 12.5 Å². The molecule has 19 heavy (non-hydrogen) atoms. The number of ether oxygens (including phenoxy) is 1. The molecule has 6 heteroatoms. The standard InChI is InChI=1S/C13H15F4NO/c1-8(2)7-10(18)9-5-3-4-6-11(9)19-13(16,17)12(14)15/h3-6,10,12H,1,7,18H2,2H3/t10-/m1/s1. The zero-order chi connectivity index (χ0) is 14.6. The van der Waals surface area contributed by atoms with Gasteiger partial charge >= 0.3 is 12.5 Å². The summed E-state index contributed by atoms with van der Waals surface area (Å²) in [7, 11) is 0. The van der Waals surface area contributed by atoms with Crippen LogP contribution in [0.15, 0.2) is 36.4 Å². The third-order valence-corrected chi connectivity index (χ3v) is 2.39. The third kappa shape index (κ3) is 4.24. The fraction of sp³-hybridized carbons (Fsp3) is 0.385. The lowest BCUT2D eigenvalue weighted by atomic mass is 10.0.